The Morgan fingerprint density at radius 1 is 1.17 bits per heavy atom. The van der Waals surface area contributed by atoms with Crippen LogP contribution in [0.1, 0.15) is 36.6 Å². The molecule has 29 heavy (non-hydrogen) atoms. The number of rotatable bonds is 5. The number of fused-ring (bicyclic) bond motifs is 1. The molecule has 4 rings (SSSR count). The molecule has 2 aliphatic rings. The Hall–Kier alpha value is -2.26. The summed E-state index contributed by atoms with van der Waals surface area (Å²) >= 11 is 0. The summed E-state index contributed by atoms with van der Waals surface area (Å²) in [6.45, 7) is 5.67. The minimum absolute atomic E-state index is 0.0440. The summed E-state index contributed by atoms with van der Waals surface area (Å²) in [4.78, 5) is 11.5. The first-order valence-corrected chi connectivity index (χ1v) is 11.5. The van der Waals surface area contributed by atoms with Gasteiger partial charge >= 0.3 is 0 Å². The molecule has 0 radical (unpaired) electrons. The zero-order valence-corrected chi connectivity index (χ0v) is 17.5. The molecule has 1 saturated heterocycles. The lowest BCUT2D eigenvalue weighted by Crippen LogP contribution is -2.38. The minimum Gasteiger partial charge on any atom is -0.438 e. The third-order valence-corrected chi connectivity index (χ3v) is 7.29. The van der Waals surface area contributed by atoms with Crippen molar-refractivity contribution >= 4 is 16.0 Å². The van der Waals surface area contributed by atoms with Gasteiger partial charge in [-0.3, -0.25) is 0 Å². The van der Waals surface area contributed by atoms with Crippen molar-refractivity contribution in [1.82, 2.24) is 14.3 Å². The molecule has 7 nitrogen and oxygen atoms in total. The third-order valence-electron chi connectivity index (χ3n) is 5.47. The average molecular weight is 421 g/mol. The minimum atomic E-state index is -3.33. The normalized spacial score (nSPS) is 17.4. The number of benzene rings is 1. The van der Waals surface area contributed by atoms with Crippen LogP contribution in [0.5, 0.6) is 11.6 Å². The van der Waals surface area contributed by atoms with Gasteiger partial charge in [-0.05, 0) is 50.5 Å². The Morgan fingerprint density at radius 3 is 2.62 bits per heavy atom. The summed E-state index contributed by atoms with van der Waals surface area (Å²) in [6.07, 6.45) is 2.70. The highest BCUT2D eigenvalue weighted by atomic mass is 32.2. The molecule has 0 N–H and O–H groups in total. The van der Waals surface area contributed by atoms with E-state index in [1.54, 1.807) is 26.0 Å². The van der Waals surface area contributed by atoms with Crippen LogP contribution in [-0.4, -0.2) is 48.1 Å². The lowest BCUT2D eigenvalue weighted by Gasteiger charge is -2.29. The lowest BCUT2D eigenvalue weighted by molar-refractivity contribution is 0.369. The molecule has 0 spiro atoms. The standard InChI is InChI=1S/C20H25FN4O3S/c1-3-29(26,27)25-11-8-18-16(13-25)19(23-20(22-18)24-9-4-5-10-24)28-15-6-7-17(21)14(2)12-15/h6-7,12H,3-5,8-11,13H2,1-2H3. The van der Waals surface area contributed by atoms with Gasteiger partial charge in [0.05, 0.1) is 17.0 Å². The highest BCUT2D eigenvalue weighted by Gasteiger charge is 2.31. The van der Waals surface area contributed by atoms with Gasteiger partial charge in [0.15, 0.2) is 0 Å². The number of aromatic nitrogens is 2. The van der Waals surface area contributed by atoms with Crippen molar-refractivity contribution in [2.75, 3.05) is 30.3 Å². The topological polar surface area (TPSA) is 75.6 Å². The summed E-state index contributed by atoms with van der Waals surface area (Å²) < 4.78 is 45.9. The van der Waals surface area contributed by atoms with E-state index in [9.17, 15) is 12.8 Å². The van der Waals surface area contributed by atoms with Gasteiger partial charge in [-0.1, -0.05) is 0 Å². The number of anilines is 1. The van der Waals surface area contributed by atoms with Crippen molar-refractivity contribution in [1.29, 1.82) is 0 Å². The van der Waals surface area contributed by atoms with Crippen LogP contribution in [0.3, 0.4) is 0 Å². The summed E-state index contributed by atoms with van der Waals surface area (Å²) in [5.74, 6) is 1.16. The lowest BCUT2D eigenvalue weighted by atomic mass is 10.1. The maximum Gasteiger partial charge on any atom is 0.228 e. The second kappa shape index (κ2) is 7.87. The monoisotopic (exact) mass is 420 g/mol. The summed E-state index contributed by atoms with van der Waals surface area (Å²) in [5, 5.41) is 0. The Labute approximate surface area is 170 Å². The Bertz CT molecular complexity index is 1020. The highest BCUT2D eigenvalue weighted by Crippen LogP contribution is 2.33. The molecule has 0 bridgehead atoms. The van der Waals surface area contributed by atoms with Crippen LogP contribution >= 0.6 is 0 Å². The fraction of sp³-hybridized carbons (Fsp3) is 0.500. The maximum atomic E-state index is 13.6. The van der Waals surface area contributed by atoms with Crippen molar-refractivity contribution in [2.24, 2.45) is 0 Å². The van der Waals surface area contributed by atoms with Crippen molar-refractivity contribution in [3.63, 3.8) is 0 Å². The zero-order valence-electron chi connectivity index (χ0n) is 16.7. The van der Waals surface area contributed by atoms with Gasteiger partial charge in [-0.25, -0.2) is 17.8 Å². The van der Waals surface area contributed by atoms with E-state index in [2.05, 4.69) is 9.88 Å². The van der Waals surface area contributed by atoms with E-state index in [0.29, 0.717) is 41.7 Å². The Morgan fingerprint density at radius 2 is 1.93 bits per heavy atom. The van der Waals surface area contributed by atoms with Crippen LogP contribution < -0.4 is 9.64 Å². The fourth-order valence-electron chi connectivity index (χ4n) is 3.70. The van der Waals surface area contributed by atoms with Crippen LogP contribution in [0, 0.1) is 12.7 Å². The van der Waals surface area contributed by atoms with E-state index < -0.39 is 10.0 Å². The maximum absolute atomic E-state index is 13.6. The van der Waals surface area contributed by atoms with Gasteiger partial charge in [0.2, 0.25) is 21.9 Å². The van der Waals surface area contributed by atoms with E-state index in [1.165, 1.54) is 10.4 Å². The number of sulfonamides is 1. The molecule has 9 heteroatoms. The van der Waals surface area contributed by atoms with Crippen molar-refractivity contribution in [2.45, 2.75) is 39.7 Å². The molecule has 0 unspecified atom stereocenters. The van der Waals surface area contributed by atoms with Crippen LogP contribution in [0.4, 0.5) is 10.3 Å². The van der Waals surface area contributed by atoms with Gasteiger partial charge in [0.25, 0.3) is 0 Å². The Balaban J connectivity index is 1.74. The first kappa shape index (κ1) is 20.0. The molecule has 0 aliphatic carbocycles. The van der Waals surface area contributed by atoms with E-state index in [1.807, 2.05) is 0 Å². The molecule has 1 aromatic heterocycles. The number of ether oxygens (including phenoxy) is 1. The van der Waals surface area contributed by atoms with E-state index in [-0.39, 0.29) is 18.1 Å². The number of hydrogen-bond donors (Lipinski definition) is 0. The molecule has 0 saturated carbocycles. The second-order valence-electron chi connectivity index (χ2n) is 7.45. The van der Waals surface area contributed by atoms with Gasteiger partial charge in [-0.2, -0.15) is 9.29 Å². The van der Waals surface area contributed by atoms with Gasteiger partial charge in [-0.15, -0.1) is 0 Å². The van der Waals surface area contributed by atoms with Crippen LogP contribution in [0.2, 0.25) is 0 Å². The molecule has 156 valence electrons. The average Bonchev–Trinajstić information content (AvgIpc) is 3.25. The number of halogens is 1. The fourth-order valence-corrected chi connectivity index (χ4v) is 4.76. The quantitative estimate of drug-likeness (QED) is 0.740. The molecule has 2 aliphatic heterocycles. The highest BCUT2D eigenvalue weighted by molar-refractivity contribution is 7.89. The van der Waals surface area contributed by atoms with Gasteiger partial charge in [0.1, 0.15) is 11.6 Å². The van der Waals surface area contributed by atoms with E-state index in [0.717, 1.165) is 31.6 Å². The molecular formula is C20H25FN4O3S. The summed E-state index contributed by atoms with van der Waals surface area (Å²) in [6, 6.07) is 4.52. The molecule has 1 aromatic carbocycles. The third kappa shape index (κ3) is 4.06. The molecule has 1 fully saturated rings. The SMILES string of the molecule is CCS(=O)(=O)N1CCc2nc(N3CCCC3)nc(Oc3ccc(F)c(C)c3)c2C1. The van der Waals surface area contributed by atoms with Crippen LogP contribution in [0.25, 0.3) is 0 Å². The smallest absolute Gasteiger partial charge is 0.228 e. The number of nitrogens with zero attached hydrogens (tertiary/aromatic N) is 4. The molecular weight excluding hydrogens is 395 g/mol. The summed E-state index contributed by atoms with van der Waals surface area (Å²) in [7, 11) is -3.33. The van der Waals surface area contributed by atoms with Crippen LogP contribution in [0.15, 0.2) is 18.2 Å². The predicted octanol–water partition coefficient (Wildman–Crippen LogP) is 3.02. The number of aryl methyl sites for hydroxylation is 1. The predicted molar refractivity (Wildman–Crippen MR) is 108 cm³/mol. The van der Waals surface area contributed by atoms with Crippen molar-refractivity contribution in [3.8, 4) is 11.6 Å². The van der Waals surface area contributed by atoms with Crippen molar-refractivity contribution in [3.05, 3.63) is 40.8 Å². The largest absolute Gasteiger partial charge is 0.438 e. The molecule has 3 heterocycles. The first-order valence-electron chi connectivity index (χ1n) is 9.94. The second-order valence-corrected chi connectivity index (χ2v) is 9.70. The Kier molecular flexibility index (Phi) is 5.44. The summed E-state index contributed by atoms with van der Waals surface area (Å²) in [5.41, 5.74) is 1.97. The van der Waals surface area contributed by atoms with Gasteiger partial charge < -0.3 is 9.64 Å². The van der Waals surface area contributed by atoms with Crippen LogP contribution in [-0.2, 0) is 23.0 Å². The van der Waals surface area contributed by atoms with E-state index in [4.69, 9.17) is 9.72 Å². The molecule has 2 aromatic rings. The number of hydrogen-bond acceptors (Lipinski definition) is 6. The first-order chi connectivity index (χ1) is 13.9. The van der Waals surface area contributed by atoms with Gasteiger partial charge in [0, 0.05) is 32.6 Å². The molecule has 0 atom stereocenters. The van der Waals surface area contributed by atoms with E-state index >= 15 is 0 Å². The van der Waals surface area contributed by atoms with Crippen molar-refractivity contribution < 1.29 is 17.5 Å². The molecule has 0 amide bonds. The zero-order chi connectivity index (χ0) is 20.6.